The van der Waals surface area contributed by atoms with Crippen LogP contribution in [0.1, 0.15) is 66.6 Å². The first-order valence-electron chi connectivity index (χ1n) is 13.1. The Labute approximate surface area is 233 Å². The van der Waals surface area contributed by atoms with Gasteiger partial charge in [-0.25, -0.2) is 15.0 Å². The number of allylic oxidation sites excluding steroid dienone is 12. The quantitative estimate of drug-likeness (QED) is 0.326. The molecule has 0 saturated heterocycles. The third-order valence-electron chi connectivity index (χ3n) is 7.03. The summed E-state index contributed by atoms with van der Waals surface area (Å²) < 4.78 is 0. The van der Waals surface area contributed by atoms with E-state index in [9.17, 15) is 0 Å². The van der Waals surface area contributed by atoms with E-state index in [1.807, 2.05) is 18.2 Å². The van der Waals surface area contributed by atoms with Crippen LogP contribution in [0.3, 0.4) is 0 Å². The summed E-state index contributed by atoms with van der Waals surface area (Å²) in [6.07, 6.45) is 22.2. The van der Waals surface area contributed by atoms with E-state index in [4.69, 9.17) is 38.2 Å². The fourth-order valence-electron chi connectivity index (χ4n) is 5.13. The van der Waals surface area contributed by atoms with E-state index in [2.05, 4.69) is 72.9 Å². The van der Waals surface area contributed by atoms with Crippen LogP contribution in [-0.4, -0.2) is 15.0 Å². The SMILES string of the molecule is Clc1cc(Cl)cc(C2=CC(c3nc(C4=CCCC=C4)nc(C4=CC=CCC4)n3)CC(c3ccccc3)=C2)c1. The minimum Gasteiger partial charge on any atom is -0.213 e. The number of aromatic nitrogens is 3. The van der Waals surface area contributed by atoms with Crippen LogP contribution in [0.4, 0.5) is 0 Å². The first kappa shape index (κ1) is 24.8. The topological polar surface area (TPSA) is 38.7 Å². The molecule has 3 aromatic rings. The second-order valence-corrected chi connectivity index (χ2v) is 10.6. The molecule has 1 atom stereocenters. The molecule has 0 fully saturated rings. The van der Waals surface area contributed by atoms with Crippen LogP contribution in [-0.2, 0) is 0 Å². The molecule has 2 aromatic carbocycles. The second-order valence-electron chi connectivity index (χ2n) is 9.77. The number of hydrogen-bond donors (Lipinski definition) is 0. The van der Waals surface area contributed by atoms with Gasteiger partial charge in [0.2, 0.25) is 0 Å². The Balaban J connectivity index is 1.49. The molecule has 3 aliphatic rings. The summed E-state index contributed by atoms with van der Waals surface area (Å²) >= 11 is 12.8. The van der Waals surface area contributed by atoms with Gasteiger partial charge in [0.1, 0.15) is 5.82 Å². The van der Waals surface area contributed by atoms with E-state index in [1.165, 1.54) is 11.1 Å². The summed E-state index contributed by atoms with van der Waals surface area (Å²) in [6.45, 7) is 0. The Bertz CT molecular complexity index is 1540. The molecule has 1 unspecified atom stereocenters. The molecular weight excluding hydrogens is 509 g/mol. The Morgan fingerprint density at radius 1 is 0.737 bits per heavy atom. The minimum absolute atomic E-state index is 0.0311. The first-order chi connectivity index (χ1) is 18.6. The highest BCUT2D eigenvalue weighted by Gasteiger charge is 2.24. The van der Waals surface area contributed by atoms with Crippen LogP contribution >= 0.6 is 23.2 Å². The van der Waals surface area contributed by atoms with E-state index in [-0.39, 0.29) is 5.92 Å². The van der Waals surface area contributed by atoms with Crippen molar-refractivity contribution in [3.63, 3.8) is 0 Å². The zero-order valence-electron chi connectivity index (χ0n) is 20.9. The number of halogens is 2. The highest BCUT2D eigenvalue weighted by molar-refractivity contribution is 6.35. The summed E-state index contributed by atoms with van der Waals surface area (Å²) in [5.41, 5.74) is 6.66. The summed E-state index contributed by atoms with van der Waals surface area (Å²) in [6, 6.07) is 16.2. The molecule has 188 valence electrons. The van der Waals surface area contributed by atoms with E-state index < -0.39 is 0 Å². The summed E-state index contributed by atoms with van der Waals surface area (Å²) in [5.74, 6) is 2.27. The highest BCUT2D eigenvalue weighted by atomic mass is 35.5. The lowest BCUT2D eigenvalue weighted by atomic mass is 9.84. The number of rotatable bonds is 5. The summed E-state index contributed by atoms with van der Waals surface area (Å²) in [5, 5.41) is 1.23. The molecule has 0 spiro atoms. The Kier molecular flexibility index (Phi) is 7.22. The van der Waals surface area contributed by atoms with Gasteiger partial charge in [0.15, 0.2) is 11.6 Å². The monoisotopic (exact) mass is 535 g/mol. The van der Waals surface area contributed by atoms with Crippen molar-refractivity contribution in [1.29, 1.82) is 0 Å². The zero-order valence-corrected chi connectivity index (χ0v) is 22.5. The maximum atomic E-state index is 6.40. The fraction of sp³-hybridized carbons (Fsp3) is 0.182. The van der Waals surface area contributed by atoms with Gasteiger partial charge in [-0.05, 0) is 78.1 Å². The van der Waals surface area contributed by atoms with Crippen molar-refractivity contribution in [2.75, 3.05) is 0 Å². The van der Waals surface area contributed by atoms with Gasteiger partial charge in [0, 0.05) is 21.5 Å². The maximum Gasteiger partial charge on any atom is 0.163 e. The Morgan fingerprint density at radius 3 is 2.29 bits per heavy atom. The van der Waals surface area contributed by atoms with E-state index in [1.54, 1.807) is 6.07 Å². The van der Waals surface area contributed by atoms with Crippen LogP contribution in [0.5, 0.6) is 0 Å². The molecular formula is C33H27Cl2N3. The number of benzene rings is 2. The molecule has 3 aliphatic carbocycles. The van der Waals surface area contributed by atoms with E-state index in [0.717, 1.165) is 71.9 Å². The van der Waals surface area contributed by atoms with E-state index >= 15 is 0 Å². The standard InChI is InChI=1S/C33H27Cl2N3/c34-29-19-27(20-30(35)21-29)26-16-25(22-10-4-1-5-11-22)17-28(18-26)33-37-31(23-12-6-2-7-13-23)36-32(38-33)24-14-8-3-9-15-24/h1-2,4-6,8,10-12,14-16,18-21,28H,3,7,9,13,17H2. The average Bonchev–Trinajstić information content (AvgIpc) is 2.97. The molecule has 1 heterocycles. The normalized spacial score (nSPS) is 18.9. The maximum absolute atomic E-state index is 6.40. The van der Waals surface area contributed by atoms with Crippen LogP contribution in [0.2, 0.25) is 10.0 Å². The van der Waals surface area contributed by atoms with E-state index in [0.29, 0.717) is 10.0 Å². The van der Waals surface area contributed by atoms with Crippen LogP contribution in [0.25, 0.3) is 22.3 Å². The third-order valence-corrected chi connectivity index (χ3v) is 7.47. The smallest absolute Gasteiger partial charge is 0.163 e. The lowest BCUT2D eigenvalue weighted by molar-refractivity contribution is 0.755. The molecule has 0 aliphatic heterocycles. The molecule has 0 radical (unpaired) electrons. The predicted molar refractivity (Wildman–Crippen MR) is 159 cm³/mol. The lowest BCUT2D eigenvalue weighted by Crippen LogP contribution is -2.13. The molecule has 0 bridgehead atoms. The van der Waals surface area contributed by atoms with Gasteiger partial charge in [0.05, 0.1) is 0 Å². The Morgan fingerprint density at radius 2 is 1.55 bits per heavy atom. The van der Waals surface area contributed by atoms with Gasteiger partial charge < -0.3 is 0 Å². The molecule has 5 heteroatoms. The van der Waals surface area contributed by atoms with Crippen molar-refractivity contribution in [3.05, 3.63) is 136 Å². The highest BCUT2D eigenvalue weighted by Crippen LogP contribution is 2.39. The van der Waals surface area contributed by atoms with Crippen molar-refractivity contribution < 1.29 is 0 Å². The minimum atomic E-state index is -0.0311. The first-order valence-corrected chi connectivity index (χ1v) is 13.8. The van der Waals surface area contributed by atoms with Gasteiger partial charge in [-0.1, -0.05) is 102 Å². The summed E-state index contributed by atoms with van der Waals surface area (Å²) in [7, 11) is 0. The van der Waals surface area contributed by atoms with Gasteiger partial charge >= 0.3 is 0 Å². The second kappa shape index (κ2) is 11.1. The Hall–Kier alpha value is -3.53. The van der Waals surface area contributed by atoms with Crippen molar-refractivity contribution in [2.45, 2.75) is 38.0 Å². The third kappa shape index (κ3) is 5.50. The largest absolute Gasteiger partial charge is 0.213 e. The summed E-state index contributed by atoms with van der Waals surface area (Å²) in [4.78, 5) is 15.1. The number of hydrogen-bond acceptors (Lipinski definition) is 3. The van der Waals surface area contributed by atoms with Crippen molar-refractivity contribution >= 4 is 45.5 Å². The zero-order chi connectivity index (χ0) is 25.9. The lowest BCUT2D eigenvalue weighted by Gasteiger charge is -2.23. The van der Waals surface area contributed by atoms with Gasteiger partial charge in [0.25, 0.3) is 0 Å². The van der Waals surface area contributed by atoms with Crippen molar-refractivity contribution in [2.24, 2.45) is 0 Å². The molecule has 6 rings (SSSR count). The molecule has 0 N–H and O–H groups in total. The predicted octanol–water partition coefficient (Wildman–Crippen LogP) is 9.30. The van der Waals surface area contributed by atoms with Crippen LogP contribution in [0.15, 0.2) is 97.1 Å². The average molecular weight is 537 g/mol. The van der Waals surface area contributed by atoms with Gasteiger partial charge in [-0.2, -0.15) is 0 Å². The van der Waals surface area contributed by atoms with Gasteiger partial charge in [-0.3, -0.25) is 0 Å². The fourth-order valence-corrected chi connectivity index (χ4v) is 5.65. The van der Waals surface area contributed by atoms with Crippen molar-refractivity contribution in [3.8, 4) is 0 Å². The molecule has 0 amide bonds. The van der Waals surface area contributed by atoms with Gasteiger partial charge in [-0.15, -0.1) is 0 Å². The molecule has 38 heavy (non-hydrogen) atoms. The molecule has 1 aromatic heterocycles. The molecule has 3 nitrogen and oxygen atoms in total. The van der Waals surface area contributed by atoms with Crippen LogP contribution < -0.4 is 0 Å². The number of nitrogens with zero attached hydrogens (tertiary/aromatic N) is 3. The molecule has 0 saturated carbocycles. The van der Waals surface area contributed by atoms with Crippen LogP contribution in [0, 0.1) is 0 Å². The van der Waals surface area contributed by atoms with Crippen molar-refractivity contribution in [1.82, 2.24) is 15.0 Å².